The molecule has 0 aliphatic heterocycles. The first-order valence-corrected chi connectivity index (χ1v) is 2.37. The van der Waals surface area contributed by atoms with Gasteiger partial charge in [-0.15, -0.1) is 6.58 Å². The van der Waals surface area contributed by atoms with Gasteiger partial charge in [-0.05, 0) is 0 Å². The first-order chi connectivity index (χ1) is 3.41. The van der Waals surface area contributed by atoms with Gasteiger partial charge in [-0.25, -0.2) is 5.48 Å². The quantitative estimate of drug-likeness (QED) is 0.320. The van der Waals surface area contributed by atoms with Crippen LogP contribution in [0.25, 0.3) is 0 Å². The first-order valence-electron chi connectivity index (χ1n) is 2.37. The molecular formula is C5H11NO. The van der Waals surface area contributed by atoms with Crippen LogP contribution in [-0.4, -0.2) is 13.2 Å². The molecule has 0 aromatic heterocycles. The van der Waals surface area contributed by atoms with E-state index in [4.69, 9.17) is 4.84 Å². The zero-order chi connectivity index (χ0) is 5.54. The second-order valence-electron chi connectivity index (χ2n) is 1.10. The second kappa shape index (κ2) is 5.66. The van der Waals surface area contributed by atoms with E-state index >= 15 is 0 Å². The van der Waals surface area contributed by atoms with Gasteiger partial charge in [0.15, 0.2) is 0 Å². The van der Waals surface area contributed by atoms with E-state index in [1.54, 1.807) is 6.08 Å². The largest absolute Gasteiger partial charge is 0.298 e. The molecule has 0 aliphatic carbocycles. The van der Waals surface area contributed by atoms with E-state index in [0.717, 1.165) is 6.54 Å². The minimum absolute atomic E-state index is 0.577. The van der Waals surface area contributed by atoms with Gasteiger partial charge < -0.3 is 0 Å². The van der Waals surface area contributed by atoms with E-state index < -0.39 is 0 Å². The molecule has 0 atom stereocenters. The van der Waals surface area contributed by atoms with Crippen molar-refractivity contribution < 1.29 is 4.84 Å². The van der Waals surface area contributed by atoms with Crippen molar-refractivity contribution in [3.8, 4) is 0 Å². The molecule has 0 unspecified atom stereocenters. The van der Waals surface area contributed by atoms with Gasteiger partial charge in [0.05, 0.1) is 6.61 Å². The molecule has 0 saturated carbocycles. The summed E-state index contributed by atoms with van der Waals surface area (Å²) in [5.74, 6) is 0. The van der Waals surface area contributed by atoms with E-state index in [0.29, 0.717) is 6.61 Å². The fourth-order valence-corrected chi connectivity index (χ4v) is 0.220. The Labute approximate surface area is 44.1 Å². The highest BCUT2D eigenvalue weighted by molar-refractivity contribution is 4.62. The number of hydrogen-bond donors (Lipinski definition) is 1. The van der Waals surface area contributed by atoms with Gasteiger partial charge >= 0.3 is 0 Å². The van der Waals surface area contributed by atoms with Crippen molar-refractivity contribution in [2.24, 2.45) is 0 Å². The summed E-state index contributed by atoms with van der Waals surface area (Å²) in [6.07, 6.45) is 1.70. The highest BCUT2D eigenvalue weighted by Gasteiger charge is 1.72. The summed E-state index contributed by atoms with van der Waals surface area (Å²) in [5, 5.41) is 0. The molecule has 0 rings (SSSR count). The molecule has 0 fully saturated rings. The maximum absolute atomic E-state index is 4.76. The van der Waals surface area contributed by atoms with Gasteiger partial charge in [-0.3, -0.25) is 4.84 Å². The van der Waals surface area contributed by atoms with Gasteiger partial charge in [0.2, 0.25) is 0 Å². The zero-order valence-corrected chi connectivity index (χ0v) is 4.61. The van der Waals surface area contributed by atoms with Crippen LogP contribution in [0.5, 0.6) is 0 Å². The lowest BCUT2D eigenvalue weighted by molar-refractivity contribution is 0.0666. The van der Waals surface area contributed by atoms with Crippen LogP contribution in [0.4, 0.5) is 0 Å². The lowest BCUT2D eigenvalue weighted by atomic mass is 10.7. The molecule has 0 aromatic rings. The monoisotopic (exact) mass is 101 g/mol. The lowest BCUT2D eigenvalue weighted by Crippen LogP contribution is -2.12. The normalized spacial score (nSPS) is 8.71. The molecule has 2 nitrogen and oxygen atoms in total. The van der Waals surface area contributed by atoms with Crippen molar-refractivity contribution in [3.05, 3.63) is 12.7 Å². The lowest BCUT2D eigenvalue weighted by Gasteiger charge is -1.95. The van der Waals surface area contributed by atoms with E-state index in [-0.39, 0.29) is 0 Å². The molecule has 42 valence electrons. The van der Waals surface area contributed by atoms with Gasteiger partial charge in [0.1, 0.15) is 0 Å². The van der Waals surface area contributed by atoms with Crippen LogP contribution in [0, 0.1) is 0 Å². The number of rotatable bonds is 4. The Hall–Kier alpha value is -0.340. The molecule has 0 aliphatic rings. The van der Waals surface area contributed by atoms with Crippen molar-refractivity contribution in [2.75, 3.05) is 13.2 Å². The van der Waals surface area contributed by atoms with Crippen LogP contribution < -0.4 is 5.48 Å². The van der Waals surface area contributed by atoms with Crippen molar-refractivity contribution >= 4 is 0 Å². The molecule has 0 radical (unpaired) electrons. The SMILES string of the molecule is C=CCONCC. The predicted octanol–water partition coefficient (Wildman–Crippen LogP) is 0.714. The standard InChI is InChI=1S/C5H11NO/c1-3-5-7-6-4-2/h3,6H,1,4-5H2,2H3. The van der Waals surface area contributed by atoms with Crippen LogP contribution in [-0.2, 0) is 4.84 Å². The van der Waals surface area contributed by atoms with Crippen molar-refractivity contribution in [3.63, 3.8) is 0 Å². The Kier molecular flexibility index (Phi) is 5.39. The highest BCUT2D eigenvalue weighted by atomic mass is 16.6. The third-order valence-corrected chi connectivity index (χ3v) is 0.448. The fraction of sp³-hybridized carbons (Fsp3) is 0.600. The van der Waals surface area contributed by atoms with Gasteiger partial charge in [-0.1, -0.05) is 13.0 Å². The molecule has 0 amide bonds. The second-order valence-corrected chi connectivity index (χ2v) is 1.10. The van der Waals surface area contributed by atoms with Gasteiger partial charge in [0.25, 0.3) is 0 Å². The minimum atomic E-state index is 0.577. The Morgan fingerprint density at radius 2 is 2.57 bits per heavy atom. The Balaban J connectivity index is 2.56. The van der Waals surface area contributed by atoms with Crippen LogP contribution >= 0.6 is 0 Å². The van der Waals surface area contributed by atoms with Crippen LogP contribution in [0.3, 0.4) is 0 Å². The number of hydroxylamine groups is 1. The summed E-state index contributed by atoms with van der Waals surface area (Å²) in [5.41, 5.74) is 2.68. The first kappa shape index (κ1) is 6.66. The van der Waals surface area contributed by atoms with Crippen LogP contribution in [0.2, 0.25) is 0 Å². The average Bonchev–Trinajstić information content (AvgIpc) is 1.69. The smallest absolute Gasteiger partial charge is 0.0861 e. The third-order valence-electron chi connectivity index (χ3n) is 0.448. The Bertz CT molecular complexity index is 45.3. The van der Waals surface area contributed by atoms with Crippen molar-refractivity contribution in [1.82, 2.24) is 5.48 Å². The van der Waals surface area contributed by atoms with Gasteiger partial charge in [0, 0.05) is 6.54 Å². The Morgan fingerprint density at radius 3 is 3.00 bits per heavy atom. The van der Waals surface area contributed by atoms with E-state index in [2.05, 4.69) is 12.1 Å². The molecule has 7 heavy (non-hydrogen) atoms. The maximum atomic E-state index is 4.76. The summed E-state index contributed by atoms with van der Waals surface area (Å²) in [7, 11) is 0. The molecule has 0 aromatic carbocycles. The molecule has 2 heteroatoms. The maximum Gasteiger partial charge on any atom is 0.0861 e. The van der Waals surface area contributed by atoms with Crippen molar-refractivity contribution in [2.45, 2.75) is 6.92 Å². The zero-order valence-electron chi connectivity index (χ0n) is 4.61. The summed E-state index contributed by atoms with van der Waals surface area (Å²) in [4.78, 5) is 4.76. The predicted molar refractivity (Wildman–Crippen MR) is 29.8 cm³/mol. The van der Waals surface area contributed by atoms with Crippen LogP contribution in [0.15, 0.2) is 12.7 Å². The topological polar surface area (TPSA) is 21.3 Å². The highest BCUT2D eigenvalue weighted by Crippen LogP contribution is 1.64. The number of nitrogens with one attached hydrogen (secondary N) is 1. The fourth-order valence-electron chi connectivity index (χ4n) is 0.220. The third kappa shape index (κ3) is 5.66. The summed E-state index contributed by atoms with van der Waals surface area (Å²) < 4.78 is 0. The average molecular weight is 101 g/mol. The number of hydrogen-bond acceptors (Lipinski definition) is 2. The molecule has 0 saturated heterocycles. The summed E-state index contributed by atoms with van der Waals surface area (Å²) >= 11 is 0. The summed E-state index contributed by atoms with van der Waals surface area (Å²) in [6.45, 7) is 6.86. The van der Waals surface area contributed by atoms with Gasteiger partial charge in [-0.2, -0.15) is 0 Å². The molecular weight excluding hydrogens is 90.1 g/mol. The summed E-state index contributed by atoms with van der Waals surface area (Å²) in [6, 6.07) is 0. The molecule has 1 N–H and O–H groups in total. The van der Waals surface area contributed by atoms with E-state index in [9.17, 15) is 0 Å². The van der Waals surface area contributed by atoms with E-state index in [1.165, 1.54) is 0 Å². The molecule has 0 bridgehead atoms. The molecule has 0 heterocycles. The van der Waals surface area contributed by atoms with Crippen molar-refractivity contribution in [1.29, 1.82) is 0 Å². The molecule has 0 spiro atoms. The van der Waals surface area contributed by atoms with E-state index in [1.807, 2.05) is 6.92 Å². The minimum Gasteiger partial charge on any atom is -0.298 e. The Morgan fingerprint density at radius 1 is 1.86 bits per heavy atom. The van der Waals surface area contributed by atoms with Crippen LogP contribution in [0.1, 0.15) is 6.92 Å².